The summed E-state index contributed by atoms with van der Waals surface area (Å²) in [7, 11) is 1.62. The number of hydrogen-bond donors (Lipinski definition) is 1. The molecule has 0 aliphatic heterocycles. The van der Waals surface area contributed by atoms with Crippen molar-refractivity contribution in [2.45, 2.75) is 52.2 Å². The van der Waals surface area contributed by atoms with Crippen LogP contribution in [0.3, 0.4) is 0 Å². The van der Waals surface area contributed by atoms with Crippen LogP contribution in [-0.4, -0.2) is 13.7 Å². The third-order valence-corrected chi connectivity index (χ3v) is 5.40. The van der Waals surface area contributed by atoms with E-state index in [4.69, 9.17) is 21.1 Å². The fourth-order valence-corrected chi connectivity index (χ4v) is 3.72. The Balaban J connectivity index is 1.93. The van der Waals surface area contributed by atoms with Gasteiger partial charge in [-0.2, -0.15) is 0 Å². The molecule has 0 radical (unpaired) electrons. The molecule has 2 aromatic rings. The topological polar surface area (TPSA) is 30.5 Å². The summed E-state index contributed by atoms with van der Waals surface area (Å²) >= 11 is 9.64. The lowest BCUT2D eigenvalue weighted by Crippen LogP contribution is -2.14. The quantitative estimate of drug-likeness (QED) is 0.341. The molecule has 28 heavy (non-hydrogen) atoms. The lowest BCUT2D eigenvalue weighted by atomic mass is 10.1. The second kappa shape index (κ2) is 12.3. The van der Waals surface area contributed by atoms with Crippen LogP contribution in [0.5, 0.6) is 11.5 Å². The molecule has 0 atom stereocenters. The van der Waals surface area contributed by atoms with Crippen molar-refractivity contribution in [2.75, 3.05) is 13.7 Å². The highest BCUT2D eigenvalue weighted by Gasteiger charge is 2.13. The maximum atomic E-state index is 13.2. The summed E-state index contributed by atoms with van der Waals surface area (Å²) in [6.07, 6.45) is 6.35. The number of rotatable bonds is 12. The molecular formula is C22H28BrClFNO2. The van der Waals surface area contributed by atoms with Gasteiger partial charge in [0.1, 0.15) is 12.4 Å². The van der Waals surface area contributed by atoms with Gasteiger partial charge in [0.05, 0.1) is 16.6 Å². The van der Waals surface area contributed by atoms with Gasteiger partial charge in [0.15, 0.2) is 11.5 Å². The minimum atomic E-state index is -0.366. The number of methoxy groups -OCH3 is 1. The van der Waals surface area contributed by atoms with Gasteiger partial charge in [-0.25, -0.2) is 4.39 Å². The smallest absolute Gasteiger partial charge is 0.175 e. The summed E-state index contributed by atoms with van der Waals surface area (Å²) in [5.41, 5.74) is 1.83. The zero-order valence-electron chi connectivity index (χ0n) is 16.5. The molecule has 0 aliphatic rings. The maximum Gasteiger partial charge on any atom is 0.175 e. The van der Waals surface area contributed by atoms with Gasteiger partial charge in [-0.15, -0.1) is 0 Å². The van der Waals surface area contributed by atoms with Crippen LogP contribution in [0.25, 0.3) is 0 Å². The summed E-state index contributed by atoms with van der Waals surface area (Å²) in [5, 5.41) is 3.82. The molecule has 1 N–H and O–H groups in total. The molecule has 0 amide bonds. The van der Waals surface area contributed by atoms with Gasteiger partial charge in [-0.1, -0.05) is 50.3 Å². The van der Waals surface area contributed by atoms with Crippen LogP contribution in [0, 0.1) is 5.82 Å². The van der Waals surface area contributed by atoms with E-state index < -0.39 is 0 Å². The van der Waals surface area contributed by atoms with Crippen LogP contribution in [0.4, 0.5) is 4.39 Å². The Bertz CT molecular complexity index is 758. The zero-order chi connectivity index (χ0) is 20.4. The van der Waals surface area contributed by atoms with E-state index >= 15 is 0 Å². The van der Waals surface area contributed by atoms with Crippen molar-refractivity contribution in [3.63, 3.8) is 0 Å². The van der Waals surface area contributed by atoms with Crippen LogP contribution in [0.15, 0.2) is 34.8 Å². The van der Waals surface area contributed by atoms with E-state index in [9.17, 15) is 4.39 Å². The molecule has 0 saturated carbocycles. The molecule has 0 aliphatic carbocycles. The van der Waals surface area contributed by atoms with Crippen LogP contribution >= 0.6 is 27.5 Å². The van der Waals surface area contributed by atoms with Gasteiger partial charge in [-0.3, -0.25) is 0 Å². The number of unbranched alkanes of at least 4 members (excludes halogenated alkanes) is 4. The Kier molecular flexibility index (Phi) is 10.1. The average Bonchev–Trinajstić information content (AvgIpc) is 2.67. The molecule has 0 aromatic heterocycles. The molecular weight excluding hydrogens is 445 g/mol. The lowest BCUT2D eigenvalue weighted by Gasteiger charge is -2.15. The molecule has 6 heteroatoms. The number of nitrogens with one attached hydrogen (secondary N) is 1. The lowest BCUT2D eigenvalue weighted by molar-refractivity contribution is 0.282. The highest BCUT2D eigenvalue weighted by molar-refractivity contribution is 9.10. The van der Waals surface area contributed by atoms with Crippen LogP contribution in [0.1, 0.15) is 50.2 Å². The zero-order valence-corrected chi connectivity index (χ0v) is 18.8. The largest absolute Gasteiger partial charge is 0.493 e. The fraction of sp³-hybridized carbons (Fsp3) is 0.455. The summed E-state index contributed by atoms with van der Waals surface area (Å²) in [4.78, 5) is 0. The predicted molar refractivity (Wildman–Crippen MR) is 117 cm³/mol. The van der Waals surface area contributed by atoms with E-state index in [1.807, 2.05) is 12.1 Å². The summed E-state index contributed by atoms with van der Waals surface area (Å²) in [6, 6.07) is 8.26. The third kappa shape index (κ3) is 7.26. The minimum Gasteiger partial charge on any atom is -0.493 e. The molecule has 2 rings (SSSR count). The first-order chi connectivity index (χ1) is 13.5. The first-order valence-corrected chi connectivity index (χ1v) is 10.9. The van der Waals surface area contributed by atoms with Gasteiger partial charge >= 0.3 is 0 Å². The van der Waals surface area contributed by atoms with E-state index in [0.717, 1.165) is 23.1 Å². The minimum absolute atomic E-state index is 0.226. The Morgan fingerprint density at radius 3 is 2.61 bits per heavy atom. The Hall–Kier alpha value is -1.30. The molecule has 0 unspecified atom stereocenters. The van der Waals surface area contributed by atoms with Gasteiger partial charge < -0.3 is 14.8 Å². The molecule has 0 spiro atoms. The number of halogens is 3. The monoisotopic (exact) mass is 471 g/mol. The number of benzene rings is 2. The van der Waals surface area contributed by atoms with Gasteiger partial charge in [0.2, 0.25) is 0 Å². The van der Waals surface area contributed by atoms with Gasteiger partial charge in [-0.05, 0) is 58.7 Å². The van der Waals surface area contributed by atoms with Crippen molar-refractivity contribution in [3.05, 3.63) is 56.8 Å². The van der Waals surface area contributed by atoms with E-state index in [1.165, 1.54) is 44.2 Å². The van der Waals surface area contributed by atoms with Crippen molar-refractivity contribution >= 4 is 27.5 Å². The second-order valence-corrected chi connectivity index (χ2v) is 7.99. The second-order valence-electron chi connectivity index (χ2n) is 6.72. The molecule has 154 valence electrons. The van der Waals surface area contributed by atoms with Crippen molar-refractivity contribution in [1.29, 1.82) is 0 Å². The molecule has 0 fully saturated rings. The normalized spacial score (nSPS) is 10.9. The SMILES string of the molecule is CCCCCCCNCc1cc(Br)c(OCc2ccc(F)cc2Cl)c(OC)c1. The standard InChI is InChI=1S/C22H28BrClFNO2/c1-3-4-5-6-7-10-26-14-16-11-19(23)22(21(12-16)27-2)28-15-17-8-9-18(25)13-20(17)24/h8-9,11-13,26H,3-7,10,14-15H2,1-2H3. The van der Waals surface area contributed by atoms with Crippen molar-refractivity contribution in [1.82, 2.24) is 5.32 Å². The van der Waals surface area contributed by atoms with Gasteiger partial charge in [0, 0.05) is 12.1 Å². The van der Waals surface area contributed by atoms with Crippen molar-refractivity contribution in [3.8, 4) is 11.5 Å². The molecule has 0 bridgehead atoms. The van der Waals surface area contributed by atoms with Crippen molar-refractivity contribution < 1.29 is 13.9 Å². The van der Waals surface area contributed by atoms with Crippen molar-refractivity contribution in [2.24, 2.45) is 0 Å². The van der Waals surface area contributed by atoms with E-state index in [2.05, 4.69) is 28.2 Å². The number of hydrogen-bond acceptors (Lipinski definition) is 3. The highest BCUT2D eigenvalue weighted by Crippen LogP contribution is 2.37. The molecule has 2 aromatic carbocycles. The Labute approximate surface area is 180 Å². The predicted octanol–water partition coefficient (Wildman–Crippen LogP) is 6.89. The number of ether oxygens (including phenoxy) is 2. The summed E-state index contributed by atoms with van der Waals surface area (Å²) < 4.78 is 25.4. The Morgan fingerprint density at radius 1 is 1.11 bits per heavy atom. The fourth-order valence-electron chi connectivity index (χ4n) is 2.89. The Morgan fingerprint density at radius 2 is 1.89 bits per heavy atom. The third-order valence-electron chi connectivity index (χ3n) is 4.46. The van der Waals surface area contributed by atoms with Crippen LogP contribution in [0.2, 0.25) is 5.02 Å². The summed E-state index contributed by atoms with van der Waals surface area (Å²) in [6.45, 7) is 4.23. The molecule has 0 heterocycles. The van der Waals surface area contributed by atoms with Crippen LogP contribution in [-0.2, 0) is 13.2 Å². The summed E-state index contributed by atoms with van der Waals surface area (Å²) in [5.74, 6) is 0.883. The first kappa shape index (κ1) is 23.0. The van der Waals surface area contributed by atoms with E-state index in [1.54, 1.807) is 13.2 Å². The van der Waals surface area contributed by atoms with Crippen LogP contribution < -0.4 is 14.8 Å². The highest BCUT2D eigenvalue weighted by atomic mass is 79.9. The van der Waals surface area contributed by atoms with E-state index in [-0.39, 0.29) is 12.4 Å². The van der Waals surface area contributed by atoms with E-state index in [0.29, 0.717) is 22.1 Å². The first-order valence-electron chi connectivity index (χ1n) is 9.69. The maximum absolute atomic E-state index is 13.2. The average molecular weight is 473 g/mol. The molecule has 0 saturated heterocycles. The van der Waals surface area contributed by atoms with Gasteiger partial charge in [0.25, 0.3) is 0 Å². The molecule has 3 nitrogen and oxygen atoms in total.